The highest BCUT2D eigenvalue weighted by molar-refractivity contribution is 6.11. The van der Waals surface area contributed by atoms with Gasteiger partial charge in [0.25, 0.3) is 0 Å². The number of hydrogen-bond donors (Lipinski definition) is 1. The summed E-state index contributed by atoms with van der Waals surface area (Å²) in [5, 5.41) is 0. The van der Waals surface area contributed by atoms with Crippen LogP contribution in [0.3, 0.4) is 0 Å². The molecule has 0 aromatic heterocycles. The van der Waals surface area contributed by atoms with Crippen LogP contribution in [0.15, 0.2) is 24.3 Å². The van der Waals surface area contributed by atoms with Gasteiger partial charge in [-0.1, -0.05) is 12.1 Å². The summed E-state index contributed by atoms with van der Waals surface area (Å²) in [5.41, 5.74) is 13.7. The summed E-state index contributed by atoms with van der Waals surface area (Å²) in [6.07, 6.45) is 0. The second-order valence-electron chi connectivity index (χ2n) is 5.45. The van der Waals surface area contributed by atoms with E-state index in [2.05, 4.69) is 20.8 Å². The summed E-state index contributed by atoms with van der Waals surface area (Å²) < 4.78 is 0. The van der Waals surface area contributed by atoms with Gasteiger partial charge in [-0.3, -0.25) is 4.79 Å². The maximum Gasteiger partial charge on any atom is 0.193 e. The average molecular weight is 267 g/mol. The van der Waals surface area contributed by atoms with Crippen LogP contribution in [0.25, 0.3) is 0 Å². The summed E-state index contributed by atoms with van der Waals surface area (Å²) in [4.78, 5) is 12.8. The molecule has 20 heavy (non-hydrogen) atoms. The molecular weight excluding hydrogens is 246 g/mol. The number of carbonyl (C=O) groups excluding carboxylic acids is 1. The van der Waals surface area contributed by atoms with Crippen LogP contribution in [0.2, 0.25) is 0 Å². The van der Waals surface area contributed by atoms with Gasteiger partial charge in [0, 0.05) is 16.8 Å². The van der Waals surface area contributed by atoms with Crippen molar-refractivity contribution >= 4 is 11.5 Å². The van der Waals surface area contributed by atoms with Gasteiger partial charge in [-0.25, -0.2) is 0 Å². The highest BCUT2D eigenvalue weighted by Crippen LogP contribution is 2.28. The van der Waals surface area contributed by atoms with Crippen molar-refractivity contribution in [3.8, 4) is 0 Å². The van der Waals surface area contributed by atoms with Crippen molar-refractivity contribution in [2.75, 3.05) is 5.73 Å². The first-order valence-electron chi connectivity index (χ1n) is 6.81. The Morgan fingerprint density at radius 2 is 1.35 bits per heavy atom. The minimum absolute atomic E-state index is 0.0542. The first-order valence-corrected chi connectivity index (χ1v) is 6.81. The zero-order valence-corrected chi connectivity index (χ0v) is 12.8. The van der Waals surface area contributed by atoms with Crippen LogP contribution in [0, 0.1) is 34.6 Å². The van der Waals surface area contributed by atoms with E-state index < -0.39 is 0 Å². The lowest BCUT2D eigenvalue weighted by Crippen LogP contribution is -2.10. The van der Waals surface area contributed by atoms with Gasteiger partial charge >= 0.3 is 0 Å². The van der Waals surface area contributed by atoms with Gasteiger partial charge in [0.2, 0.25) is 0 Å². The quantitative estimate of drug-likeness (QED) is 0.659. The molecule has 0 saturated heterocycles. The van der Waals surface area contributed by atoms with E-state index in [0.29, 0.717) is 11.3 Å². The van der Waals surface area contributed by atoms with E-state index in [4.69, 9.17) is 5.73 Å². The van der Waals surface area contributed by atoms with Crippen molar-refractivity contribution in [2.24, 2.45) is 0 Å². The summed E-state index contributed by atoms with van der Waals surface area (Å²) >= 11 is 0. The normalized spacial score (nSPS) is 10.7. The number of rotatable bonds is 2. The van der Waals surface area contributed by atoms with Crippen molar-refractivity contribution in [3.63, 3.8) is 0 Å². The summed E-state index contributed by atoms with van der Waals surface area (Å²) in [6, 6.07) is 7.18. The average Bonchev–Trinajstić information content (AvgIpc) is 2.43. The molecule has 0 saturated carbocycles. The molecule has 0 aliphatic heterocycles. The van der Waals surface area contributed by atoms with Crippen LogP contribution in [-0.4, -0.2) is 5.78 Å². The standard InChI is InChI=1S/C18H21NO/c1-10-11(2)13(4)17(14(5)12(10)3)18(20)15-7-6-8-16(19)9-15/h6-9H,19H2,1-5H3. The predicted octanol–water partition coefficient (Wildman–Crippen LogP) is 4.04. The van der Waals surface area contributed by atoms with E-state index >= 15 is 0 Å². The zero-order valence-electron chi connectivity index (χ0n) is 12.8. The molecule has 2 heteroatoms. The SMILES string of the molecule is Cc1c(C)c(C)c(C(=O)c2cccc(N)c2)c(C)c1C. The van der Waals surface area contributed by atoms with E-state index in [-0.39, 0.29) is 5.78 Å². The Labute approximate surface area is 120 Å². The van der Waals surface area contributed by atoms with Gasteiger partial charge in [-0.05, 0) is 74.6 Å². The molecule has 0 unspecified atom stereocenters. The molecule has 0 atom stereocenters. The largest absolute Gasteiger partial charge is 0.399 e. The summed E-state index contributed by atoms with van der Waals surface area (Å²) in [6.45, 7) is 10.3. The highest BCUT2D eigenvalue weighted by atomic mass is 16.1. The summed E-state index contributed by atoms with van der Waals surface area (Å²) in [5.74, 6) is 0.0542. The first kappa shape index (κ1) is 14.3. The monoisotopic (exact) mass is 267 g/mol. The number of nitrogens with two attached hydrogens (primary N) is 1. The molecule has 0 radical (unpaired) electrons. The van der Waals surface area contributed by atoms with Gasteiger partial charge < -0.3 is 5.73 Å². The van der Waals surface area contributed by atoms with Gasteiger partial charge in [-0.15, -0.1) is 0 Å². The van der Waals surface area contributed by atoms with E-state index in [9.17, 15) is 4.79 Å². The van der Waals surface area contributed by atoms with Crippen LogP contribution in [0.5, 0.6) is 0 Å². The topological polar surface area (TPSA) is 43.1 Å². The third-order valence-corrected chi connectivity index (χ3v) is 4.38. The Bertz CT molecular complexity index is 670. The minimum atomic E-state index is 0.0542. The molecule has 2 N–H and O–H groups in total. The van der Waals surface area contributed by atoms with E-state index in [1.807, 2.05) is 26.0 Å². The molecular formula is C18H21NO. The fourth-order valence-electron chi connectivity index (χ4n) is 2.66. The fraction of sp³-hybridized carbons (Fsp3) is 0.278. The first-order chi connectivity index (χ1) is 9.34. The number of nitrogen functional groups attached to an aromatic ring is 1. The number of carbonyl (C=O) groups is 1. The third-order valence-electron chi connectivity index (χ3n) is 4.38. The maximum absolute atomic E-state index is 12.8. The molecule has 2 aromatic carbocycles. The number of hydrogen-bond acceptors (Lipinski definition) is 2. The van der Waals surface area contributed by atoms with E-state index in [1.54, 1.807) is 12.1 Å². The summed E-state index contributed by atoms with van der Waals surface area (Å²) in [7, 11) is 0. The Morgan fingerprint density at radius 1 is 0.850 bits per heavy atom. The smallest absolute Gasteiger partial charge is 0.193 e. The maximum atomic E-state index is 12.8. The van der Waals surface area contributed by atoms with E-state index in [1.165, 1.54) is 16.7 Å². The Morgan fingerprint density at radius 3 is 1.85 bits per heavy atom. The molecule has 0 bridgehead atoms. The third kappa shape index (κ3) is 2.22. The van der Waals surface area contributed by atoms with Crippen molar-refractivity contribution in [2.45, 2.75) is 34.6 Å². The Hall–Kier alpha value is -2.09. The van der Waals surface area contributed by atoms with Gasteiger partial charge in [0.1, 0.15) is 0 Å². The zero-order chi connectivity index (χ0) is 15.0. The Balaban J connectivity index is 2.67. The Kier molecular flexibility index (Phi) is 3.67. The molecule has 0 aliphatic rings. The lowest BCUT2D eigenvalue weighted by atomic mass is 9.86. The molecule has 0 fully saturated rings. The predicted molar refractivity (Wildman–Crippen MR) is 84.4 cm³/mol. The van der Waals surface area contributed by atoms with Crippen LogP contribution >= 0.6 is 0 Å². The molecule has 2 rings (SSSR count). The van der Waals surface area contributed by atoms with Crippen molar-refractivity contribution < 1.29 is 4.79 Å². The van der Waals surface area contributed by atoms with Crippen LogP contribution in [0.4, 0.5) is 5.69 Å². The fourth-order valence-corrected chi connectivity index (χ4v) is 2.66. The number of benzene rings is 2. The van der Waals surface area contributed by atoms with E-state index in [0.717, 1.165) is 16.7 Å². The molecule has 0 aliphatic carbocycles. The lowest BCUT2D eigenvalue weighted by molar-refractivity contribution is 0.103. The number of ketones is 1. The van der Waals surface area contributed by atoms with Crippen molar-refractivity contribution in [1.29, 1.82) is 0 Å². The minimum Gasteiger partial charge on any atom is -0.399 e. The van der Waals surface area contributed by atoms with Gasteiger partial charge in [0.05, 0.1) is 0 Å². The molecule has 104 valence electrons. The number of anilines is 1. The van der Waals surface area contributed by atoms with Gasteiger partial charge in [-0.2, -0.15) is 0 Å². The van der Waals surface area contributed by atoms with Crippen LogP contribution in [-0.2, 0) is 0 Å². The van der Waals surface area contributed by atoms with Gasteiger partial charge in [0.15, 0.2) is 5.78 Å². The van der Waals surface area contributed by atoms with Crippen LogP contribution < -0.4 is 5.73 Å². The second-order valence-corrected chi connectivity index (χ2v) is 5.45. The van der Waals surface area contributed by atoms with Crippen molar-refractivity contribution in [1.82, 2.24) is 0 Å². The highest BCUT2D eigenvalue weighted by Gasteiger charge is 2.19. The molecule has 0 amide bonds. The van der Waals surface area contributed by atoms with Crippen molar-refractivity contribution in [3.05, 3.63) is 63.2 Å². The molecule has 0 heterocycles. The molecule has 0 spiro atoms. The molecule has 2 aromatic rings. The second kappa shape index (κ2) is 5.12. The molecule has 2 nitrogen and oxygen atoms in total. The van der Waals surface area contributed by atoms with Crippen LogP contribution in [0.1, 0.15) is 43.7 Å². The lowest BCUT2D eigenvalue weighted by Gasteiger charge is -2.18.